The third kappa shape index (κ3) is 5.66. The molecule has 3 amide bonds. The van der Waals surface area contributed by atoms with Gasteiger partial charge < -0.3 is 24.5 Å². The van der Waals surface area contributed by atoms with E-state index in [0.717, 1.165) is 11.1 Å². The first kappa shape index (κ1) is 30.7. The topological polar surface area (TPSA) is 90.4 Å². The molecule has 0 saturated carbocycles. The van der Waals surface area contributed by atoms with Crippen LogP contribution in [0.15, 0.2) is 86.0 Å². The van der Waals surface area contributed by atoms with Gasteiger partial charge in [0, 0.05) is 39.3 Å². The summed E-state index contributed by atoms with van der Waals surface area (Å²) in [5.74, 6) is -2.06. The molecular weight excluding hydrogens is 542 g/mol. The Kier molecular flexibility index (Phi) is 9.18. The van der Waals surface area contributed by atoms with E-state index in [2.05, 4.69) is 13.2 Å². The van der Waals surface area contributed by atoms with Crippen LogP contribution in [0.4, 0.5) is 0 Å². The maximum atomic E-state index is 14.6. The third-order valence-corrected chi connectivity index (χ3v) is 9.34. The number of hydrogen-bond acceptors (Lipinski definition) is 5. The number of benzene rings is 2. The minimum atomic E-state index is -1.11. The van der Waals surface area contributed by atoms with E-state index in [1.54, 1.807) is 26.9 Å². The Balaban J connectivity index is 1.51. The first-order valence-corrected chi connectivity index (χ1v) is 15.3. The molecule has 3 heterocycles. The fourth-order valence-corrected chi connectivity index (χ4v) is 7.47. The summed E-state index contributed by atoms with van der Waals surface area (Å²) < 4.78 is 6.84. The van der Waals surface area contributed by atoms with Crippen molar-refractivity contribution in [1.29, 1.82) is 0 Å². The zero-order valence-electron chi connectivity index (χ0n) is 25.1. The van der Waals surface area contributed by atoms with Crippen molar-refractivity contribution < 1.29 is 24.2 Å². The van der Waals surface area contributed by atoms with E-state index in [1.807, 2.05) is 67.6 Å². The number of fused-ring (bicyclic) bond motifs is 1. The zero-order valence-corrected chi connectivity index (χ0v) is 25.1. The van der Waals surface area contributed by atoms with Crippen LogP contribution in [0.5, 0.6) is 0 Å². The van der Waals surface area contributed by atoms with E-state index < -0.39 is 29.1 Å². The van der Waals surface area contributed by atoms with Gasteiger partial charge in [0.05, 0.1) is 17.4 Å². The number of aliphatic hydroxyl groups is 1. The standard InChI is InChI=1S/C35H43N3O5/c1-4-20-36(24-26-14-8-6-9-15-26)31(40)28-29-32(41)38(22-12-13-23-39)30(35(29)19-18-34(28,3)43-35)33(42)37(21-5-2)25-27-16-10-7-11-17-27/h4-11,14-17,28-30,39H,1-2,12-13,18-25H2,3H3/t28-,29+,30?,34+,35?/m1/s1. The lowest BCUT2D eigenvalue weighted by Crippen LogP contribution is -2.56. The molecule has 0 aliphatic carbocycles. The van der Waals surface area contributed by atoms with Crippen LogP contribution in [-0.4, -0.2) is 81.0 Å². The smallest absolute Gasteiger partial charge is 0.248 e. The number of amides is 3. The normalized spacial score (nSPS) is 27.2. The average molecular weight is 586 g/mol. The summed E-state index contributed by atoms with van der Waals surface area (Å²) in [6, 6.07) is 18.6. The highest BCUT2D eigenvalue weighted by atomic mass is 16.5. The van der Waals surface area contributed by atoms with E-state index in [0.29, 0.717) is 58.4 Å². The fraction of sp³-hybridized carbons (Fsp3) is 0.457. The second-order valence-electron chi connectivity index (χ2n) is 12.2. The molecule has 43 heavy (non-hydrogen) atoms. The van der Waals surface area contributed by atoms with Gasteiger partial charge in [-0.25, -0.2) is 0 Å². The van der Waals surface area contributed by atoms with Gasteiger partial charge in [-0.3, -0.25) is 14.4 Å². The molecule has 228 valence electrons. The number of aliphatic hydroxyl groups excluding tert-OH is 1. The van der Waals surface area contributed by atoms with Crippen LogP contribution in [0.2, 0.25) is 0 Å². The highest BCUT2D eigenvalue weighted by molar-refractivity contribution is 5.99. The number of hydrogen-bond donors (Lipinski definition) is 1. The summed E-state index contributed by atoms with van der Waals surface area (Å²) in [6.07, 6.45) is 5.54. The van der Waals surface area contributed by atoms with Crippen LogP contribution in [0.1, 0.15) is 43.7 Å². The lowest BCUT2D eigenvalue weighted by molar-refractivity contribution is -0.154. The molecule has 0 radical (unpaired) electrons. The van der Waals surface area contributed by atoms with Crippen molar-refractivity contribution in [3.05, 3.63) is 97.1 Å². The van der Waals surface area contributed by atoms with E-state index in [9.17, 15) is 19.5 Å². The van der Waals surface area contributed by atoms with Gasteiger partial charge in [-0.15, -0.1) is 13.2 Å². The number of ether oxygens (including phenoxy) is 1. The van der Waals surface area contributed by atoms with Gasteiger partial charge in [0.25, 0.3) is 0 Å². The highest BCUT2D eigenvalue weighted by Crippen LogP contribution is 2.63. The average Bonchev–Trinajstić information content (AvgIpc) is 3.58. The van der Waals surface area contributed by atoms with Gasteiger partial charge in [-0.05, 0) is 43.7 Å². The van der Waals surface area contributed by atoms with Crippen molar-refractivity contribution in [2.24, 2.45) is 11.8 Å². The van der Waals surface area contributed by atoms with Gasteiger partial charge in [0.1, 0.15) is 11.6 Å². The van der Waals surface area contributed by atoms with Crippen molar-refractivity contribution in [3.8, 4) is 0 Å². The Morgan fingerprint density at radius 2 is 1.49 bits per heavy atom. The molecule has 5 atom stereocenters. The molecule has 1 N–H and O–H groups in total. The Morgan fingerprint density at radius 1 is 0.930 bits per heavy atom. The van der Waals surface area contributed by atoms with Crippen molar-refractivity contribution in [1.82, 2.24) is 14.7 Å². The molecule has 2 aromatic rings. The quantitative estimate of drug-likeness (QED) is 0.268. The largest absolute Gasteiger partial charge is 0.396 e. The second kappa shape index (κ2) is 12.9. The SMILES string of the molecule is C=CCN(Cc1ccccc1)C(=O)C1N(CCCCO)C(=O)[C@@H]2[C@H](C(=O)N(CC=C)Cc3ccccc3)[C@]3(C)CCC12O3. The van der Waals surface area contributed by atoms with Crippen molar-refractivity contribution in [2.45, 2.75) is 62.9 Å². The lowest BCUT2D eigenvalue weighted by atomic mass is 9.66. The van der Waals surface area contributed by atoms with Gasteiger partial charge >= 0.3 is 0 Å². The molecule has 5 rings (SSSR count). The number of likely N-dealkylation sites (tertiary alicyclic amines) is 1. The molecule has 0 aromatic heterocycles. The minimum absolute atomic E-state index is 0.00249. The molecular formula is C35H43N3O5. The van der Waals surface area contributed by atoms with Crippen molar-refractivity contribution in [2.75, 3.05) is 26.2 Å². The van der Waals surface area contributed by atoms with Gasteiger partial charge in [0.2, 0.25) is 17.7 Å². The molecule has 2 bridgehead atoms. The number of unbranched alkanes of at least 4 members (excludes halogenated alkanes) is 1. The zero-order chi connectivity index (χ0) is 30.6. The molecule has 8 heteroatoms. The van der Waals surface area contributed by atoms with Crippen LogP contribution >= 0.6 is 0 Å². The first-order valence-electron chi connectivity index (χ1n) is 15.3. The molecule has 2 aromatic carbocycles. The molecule has 3 saturated heterocycles. The molecule has 8 nitrogen and oxygen atoms in total. The Bertz CT molecular complexity index is 1330. The van der Waals surface area contributed by atoms with Crippen LogP contribution < -0.4 is 0 Å². The lowest BCUT2D eigenvalue weighted by Gasteiger charge is -2.37. The van der Waals surface area contributed by atoms with E-state index >= 15 is 0 Å². The maximum Gasteiger partial charge on any atom is 0.248 e. The van der Waals surface area contributed by atoms with E-state index in [-0.39, 0.29) is 24.3 Å². The molecule has 3 aliphatic rings. The molecule has 1 spiro atoms. The number of carbonyl (C=O) groups is 3. The van der Waals surface area contributed by atoms with Crippen molar-refractivity contribution in [3.63, 3.8) is 0 Å². The summed E-state index contributed by atoms with van der Waals surface area (Å²) in [5.41, 5.74) is -0.0172. The van der Waals surface area contributed by atoms with Crippen LogP contribution in [0, 0.1) is 11.8 Å². The van der Waals surface area contributed by atoms with Crippen LogP contribution in [0.3, 0.4) is 0 Å². The van der Waals surface area contributed by atoms with Crippen LogP contribution in [0.25, 0.3) is 0 Å². The molecule has 3 aliphatic heterocycles. The van der Waals surface area contributed by atoms with Gasteiger partial charge in [-0.1, -0.05) is 72.8 Å². The number of nitrogens with zero attached hydrogens (tertiary/aromatic N) is 3. The van der Waals surface area contributed by atoms with Crippen molar-refractivity contribution >= 4 is 17.7 Å². The van der Waals surface area contributed by atoms with Gasteiger partial charge in [0.15, 0.2) is 0 Å². The number of rotatable bonds is 14. The molecule has 3 fully saturated rings. The summed E-state index contributed by atoms with van der Waals surface area (Å²) >= 11 is 0. The summed E-state index contributed by atoms with van der Waals surface area (Å²) in [6.45, 7) is 11.4. The summed E-state index contributed by atoms with van der Waals surface area (Å²) in [5, 5.41) is 9.48. The summed E-state index contributed by atoms with van der Waals surface area (Å²) in [4.78, 5) is 48.5. The van der Waals surface area contributed by atoms with Gasteiger partial charge in [-0.2, -0.15) is 0 Å². The monoisotopic (exact) mass is 585 g/mol. The van der Waals surface area contributed by atoms with E-state index in [4.69, 9.17) is 4.74 Å². The predicted molar refractivity (Wildman–Crippen MR) is 164 cm³/mol. The second-order valence-corrected chi connectivity index (χ2v) is 12.2. The minimum Gasteiger partial charge on any atom is -0.396 e. The maximum absolute atomic E-state index is 14.6. The van der Waals surface area contributed by atoms with Crippen LogP contribution in [-0.2, 0) is 32.2 Å². The van der Waals surface area contributed by atoms with E-state index in [1.165, 1.54) is 0 Å². The Hall–Kier alpha value is -3.75. The first-order chi connectivity index (χ1) is 20.8. The highest BCUT2D eigenvalue weighted by Gasteiger charge is 2.78. The Labute approximate surface area is 254 Å². The third-order valence-electron chi connectivity index (χ3n) is 9.34. The Morgan fingerprint density at radius 3 is 2.02 bits per heavy atom. The predicted octanol–water partition coefficient (Wildman–Crippen LogP) is 3.95. The number of carbonyl (C=O) groups excluding carboxylic acids is 3. The molecule has 2 unspecified atom stereocenters. The fourth-order valence-electron chi connectivity index (χ4n) is 7.47. The summed E-state index contributed by atoms with van der Waals surface area (Å²) in [7, 11) is 0.